The second-order valence-electron chi connectivity index (χ2n) is 4.99. The zero-order valence-electron chi connectivity index (χ0n) is 11.1. The van der Waals surface area contributed by atoms with Gasteiger partial charge in [-0.1, -0.05) is 0 Å². The van der Waals surface area contributed by atoms with E-state index in [4.69, 9.17) is 15.4 Å². The first kappa shape index (κ1) is 17.5. The van der Waals surface area contributed by atoms with E-state index in [1.165, 1.54) is 6.92 Å². The molecular formula is C9H22N2O6P+. The number of phosphoric acid groups is 1. The van der Waals surface area contributed by atoms with Crippen molar-refractivity contribution in [3.63, 3.8) is 0 Å². The zero-order chi connectivity index (χ0) is 14.6. The van der Waals surface area contributed by atoms with Gasteiger partial charge in [-0.2, -0.15) is 0 Å². The van der Waals surface area contributed by atoms with Crippen LogP contribution in [0.15, 0.2) is 0 Å². The van der Waals surface area contributed by atoms with Crippen LogP contribution in [0, 0.1) is 0 Å². The Morgan fingerprint density at radius 1 is 1.44 bits per heavy atom. The van der Waals surface area contributed by atoms with E-state index in [0.29, 0.717) is 11.0 Å². The second-order valence-corrected chi connectivity index (χ2v) is 6.40. The van der Waals surface area contributed by atoms with Crippen molar-refractivity contribution in [1.82, 2.24) is 0 Å². The Kier molecular flexibility index (Phi) is 6.42. The number of quaternary nitrogens is 1. The first-order chi connectivity index (χ1) is 7.94. The summed E-state index contributed by atoms with van der Waals surface area (Å²) < 4.78 is 21.4. The monoisotopic (exact) mass is 285 g/mol. The summed E-state index contributed by atoms with van der Waals surface area (Å²) >= 11 is 0. The number of carbonyl (C=O) groups is 1. The highest BCUT2D eigenvalue weighted by Gasteiger charge is 2.31. The van der Waals surface area contributed by atoms with Crippen LogP contribution in [0.2, 0.25) is 0 Å². The van der Waals surface area contributed by atoms with Gasteiger partial charge in [0, 0.05) is 0 Å². The van der Waals surface area contributed by atoms with Gasteiger partial charge < -0.3 is 20.2 Å². The molecule has 0 rings (SSSR count). The molecular weight excluding hydrogens is 263 g/mol. The molecule has 0 radical (unpaired) electrons. The number of phosphoric ester groups is 1. The van der Waals surface area contributed by atoms with Gasteiger partial charge in [-0.05, 0) is 6.92 Å². The van der Waals surface area contributed by atoms with Crippen LogP contribution in [-0.4, -0.2) is 66.9 Å². The fraction of sp³-hybridized carbons (Fsp3) is 0.889. The van der Waals surface area contributed by atoms with Crippen molar-refractivity contribution < 1.29 is 32.9 Å². The van der Waals surface area contributed by atoms with Gasteiger partial charge in [0.05, 0.1) is 27.2 Å². The molecule has 0 spiro atoms. The van der Waals surface area contributed by atoms with Crippen molar-refractivity contribution in [1.29, 1.82) is 0 Å². The van der Waals surface area contributed by atoms with Crippen molar-refractivity contribution in [2.24, 2.45) is 5.73 Å². The van der Waals surface area contributed by atoms with E-state index >= 15 is 0 Å². The highest BCUT2D eigenvalue weighted by atomic mass is 31.2. The molecule has 1 unspecified atom stereocenters. The molecule has 3 atom stereocenters. The molecule has 0 fully saturated rings. The summed E-state index contributed by atoms with van der Waals surface area (Å²) in [5.74, 6) is -1.31. The van der Waals surface area contributed by atoms with E-state index in [2.05, 4.69) is 4.52 Å². The second kappa shape index (κ2) is 6.60. The Bertz CT molecular complexity index is 330. The van der Waals surface area contributed by atoms with E-state index < -0.39 is 25.9 Å². The van der Waals surface area contributed by atoms with Gasteiger partial charge in [-0.3, -0.25) is 13.8 Å². The lowest BCUT2D eigenvalue weighted by Gasteiger charge is -2.25. The maximum Gasteiger partial charge on any atom is 0.472 e. The van der Waals surface area contributed by atoms with Gasteiger partial charge in [0.25, 0.3) is 0 Å². The number of aliphatic carboxylic acids is 1. The van der Waals surface area contributed by atoms with Gasteiger partial charge in [-0.15, -0.1) is 0 Å². The first-order valence-electron chi connectivity index (χ1n) is 5.39. The van der Waals surface area contributed by atoms with Crippen molar-refractivity contribution in [2.45, 2.75) is 19.1 Å². The Hall–Kier alpha value is -0.500. The third-order valence-corrected chi connectivity index (χ3v) is 3.21. The summed E-state index contributed by atoms with van der Waals surface area (Å²) in [7, 11) is 1.41. The molecule has 0 aliphatic carbocycles. The molecule has 0 bridgehead atoms. The van der Waals surface area contributed by atoms with Crippen molar-refractivity contribution in [3.05, 3.63) is 0 Å². The summed E-state index contributed by atoms with van der Waals surface area (Å²) in [5.41, 5.74) is 5.25. The minimum absolute atomic E-state index is 0.0201. The molecule has 0 heterocycles. The minimum atomic E-state index is -4.28. The highest BCUT2D eigenvalue weighted by Crippen LogP contribution is 2.44. The molecule has 0 amide bonds. The third-order valence-electron chi connectivity index (χ3n) is 2.11. The number of hydrogen-bond donors (Lipinski definition) is 3. The lowest BCUT2D eigenvalue weighted by atomic mass is 10.2. The van der Waals surface area contributed by atoms with Crippen molar-refractivity contribution in [3.8, 4) is 0 Å². The van der Waals surface area contributed by atoms with Crippen molar-refractivity contribution in [2.75, 3.05) is 34.3 Å². The minimum Gasteiger partial charge on any atom is -0.480 e. The molecule has 9 heteroatoms. The highest BCUT2D eigenvalue weighted by molar-refractivity contribution is 7.47. The number of carboxylic acids is 1. The third kappa shape index (κ3) is 7.75. The normalized spacial score (nSPS) is 19.0. The van der Waals surface area contributed by atoms with E-state index in [9.17, 15) is 14.3 Å². The van der Waals surface area contributed by atoms with Gasteiger partial charge in [0.15, 0.2) is 0 Å². The van der Waals surface area contributed by atoms with E-state index in [1.807, 2.05) is 21.1 Å². The molecule has 18 heavy (non-hydrogen) atoms. The molecule has 108 valence electrons. The van der Waals surface area contributed by atoms with Gasteiger partial charge >= 0.3 is 13.8 Å². The summed E-state index contributed by atoms with van der Waals surface area (Å²) in [6.45, 7) is 1.82. The Morgan fingerprint density at radius 2 is 1.94 bits per heavy atom. The molecule has 0 aromatic rings. The molecule has 0 aromatic heterocycles. The smallest absolute Gasteiger partial charge is 0.472 e. The first-order valence-corrected chi connectivity index (χ1v) is 6.89. The lowest BCUT2D eigenvalue weighted by Crippen LogP contribution is -2.41. The molecule has 0 saturated heterocycles. The van der Waals surface area contributed by atoms with Gasteiger partial charge in [0.1, 0.15) is 19.2 Å². The average Bonchev–Trinajstić information content (AvgIpc) is 2.12. The fourth-order valence-electron chi connectivity index (χ4n) is 0.937. The topological polar surface area (TPSA) is 119 Å². The van der Waals surface area contributed by atoms with Crippen LogP contribution in [-0.2, 0) is 18.4 Å². The fourth-order valence-corrected chi connectivity index (χ4v) is 1.86. The van der Waals surface area contributed by atoms with Gasteiger partial charge in [0.2, 0.25) is 0 Å². The van der Waals surface area contributed by atoms with Crippen LogP contribution in [0.3, 0.4) is 0 Å². The van der Waals surface area contributed by atoms with Gasteiger partial charge in [-0.25, -0.2) is 4.57 Å². The predicted molar refractivity (Wildman–Crippen MR) is 64.8 cm³/mol. The number of hydrogen-bond acceptors (Lipinski definition) is 5. The Morgan fingerprint density at radius 3 is 2.33 bits per heavy atom. The molecule has 0 saturated carbocycles. The maximum atomic E-state index is 11.5. The summed E-state index contributed by atoms with van der Waals surface area (Å²) in [6.07, 6.45) is -1.12. The summed E-state index contributed by atoms with van der Waals surface area (Å²) in [5, 5.41) is 8.61. The quantitative estimate of drug-likeness (QED) is 0.411. The van der Waals surface area contributed by atoms with Crippen LogP contribution in [0.1, 0.15) is 6.92 Å². The number of nitrogens with zero attached hydrogens (tertiary/aromatic N) is 1. The lowest BCUT2D eigenvalue weighted by molar-refractivity contribution is -0.870. The summed E-state index contributed by atoms with van der Waals surface area (Å²) in [6, 6.07) is -1.38. The van der Waals surface area contributed by atoms with Crippen LogP contribution in [0.4, 0.5) is 0 Å². The average molecular weight is 285 g/mol. The number of likely N-dealkylation sites (N-methyl/N-ethyl adjacent to an activating group) is 1. The Balaban J connectivity index is 4.23. The zero-order valence-corrected chi connectivity index (χ0v) is 12.0. The largest absolute Gasteiger partial charge is 0.480 e. The van der Waals surface area contributed by atoms with E-state index in [-0.39, 0.29) is 6.61 Å². The Labute approximate surface area is 106 Å². The maximum absolute atomic E-state index is 11.5. The van der Waals surface area contributed by atoms with Crippen LogP contribution in [0.25, 0.3) is 0 Å². The molecule has 0 aliphatic rings. The number of carboxylic acid groups (broad SMARTS) is 1. The molecule has 0 aliphatic heterocycles. The van der Waals surface area contributed by atoms with Crippen molar-refractivity contribution >= 4 is 13.8 Å². The predicted octanol–water partition coefficient (Wildman–Crippen LogP) is -0.373. The SMILES string of the molecule is C[C@@H](OP(=O)(O)OCC[N+](C)(C)C)[C@H](N)C(=O)O. The standard InChI is InChI=1S/C9H21N2O6P/c1-7(8(10)9(12)13)17-18(14,15)16-6-5-11(2,3)4/h7-8H,5-6,10H2,1-4H3,(H-,12,13,14,15)/p+1/t7-,8+/m1/s1. The van der Waals surface area contributed by atoms with E-state index in [1.54, 1.807) is 0 Å². The van der Waals surface area contributed by atoms with E-state index in [0.717, 1.165) is 0 Å². The molecule has 4 N–H and O–H groups in total. The molecule has 8 nitrogen and oxygen atoms in total. The van der Waals surface area contributed by atoms with Crippen LogP contribution >= 0.6 is 7.82 Å². The molecule has 0 aromatic carbocycles. The summed E-state index contributed by atoms with van der Waals surface area (Å²) in [4.78, 5) is 19.9. The van der Waals surface area contributed by atoms with Crippen LogP contribution < -0.4 is 5.73 Å². The number of nitrogens with two attached hydrogens (primary N) is 1. The van der Waals surface area contributed by atoms with Crippen LogP contribution in [0.5, 0.6) is 0 Å². The number of rotatable bonds is 8.